The van der Waals surface area contributed by atoms with Gasteiger partial charge in [-0.25, -0.2) is 18.7 Å². The molecule has 18 heavy (non-hydrogen) atoms. The van der Waals surface area contributed by atoms with E-state index in [0.717, 1.165) is 18.2 Å². The van der Waals surface area contributed by atoms with Crippen molar-refractivity contribution < 1.29 is 13.5 Å². The summed E-state index contributed by atoms with van der Waals surface area (Å²) in [6, 6.07) is 4.87. The first-order valence-electron chi connectivity index (χ1n) is 5.23. The average Bonchev–Trinajstić information content (AvgIpc) is 2.40. The molecular weight excluding hydrogens is 240 g/mol. The molecule has 94 valence electrons. The van der Waals surface area contributed by atoms with E-state index < -0.39 is 11.6 Å². The normalized spacial score (nSPS) is 10.2. The van der Waals surface area contributed by atoms with Gasteiger partial charge in [-0.1, -0.05) is 0 Å². The number of nitrogens with zero attached hydrogens (tertiary/aromatic N) is 2. The van der Waals surface area contributed by atoms with Crippen LogP contribution in [0.4, 0.5) is 14.6 Å². The molecule has 2 aromatic rings. The van der Waals surface area contributed by atoms with Crippen molar-refractivity contribution in [2.75, 3.05) is 12.4 Å². The van der Waals surface area contributed by atoms with Crippen molar-refractivity contribution in [3.8, 4) is 5.88 Å². The van der Waals surface area contributed by atoms with E-state index in [2.05, 4.69) is 15.3 Å². The largest absolute Gasteiger partial charge is 0.481 e. The Kier molecular flexibility index (Phi) is 3.66. The van der Waals surface area contributed by atoms with E-state index in [-0.39, 0.29) is 12.1 Å². The standard InChI is InChI=1S/C12H11F2N3O/c1-18-12-5-11(16-7-17-12)15-6-8-4-9(13)2-3-10(8)14/h2-5,7H,6H2,1H3,(H,15,16,17). The van der Waals surface area contributed by atoms with Crippen LogP contribution in [-0.2, 0) is 6.54 Å². The van der Waals surface area contributed by atoms with Crippen LogP contribution >= 0.6 is 0 Å². The van der Waals surface area contributed by atoms with Crippen molar-refractivity contribution in [3.05, 3.63) is 47.8 Å². The first kappa shape index (κ1) is 12.2. The van der Waals surface area contributed by atoms with Gasteiger partial charge in [0.25, 0.3) is 0 Å². The third-order valence-corrected chi connectivity index (χ3v) is 2.32. The summed E-state index contributed by atoms with van der Waals surface area (Å²) in [5, 5.41) is 2.87. The SMILES string of the molecule is COc1cc(NCc2cc(F)ccc2F)ncn1. The lowest BCUT2D eigenvalue weighted by molar-refractivity contribution is 0.397. The van der Waals surface area contributed by atoms with E-state index in [0.29, 0.717) is 11.7 Å². The first-order chi connectivity index (χ1) is 8.69. The van der Waals surface area contributed by atoms with Crippen LogP contribution in [0.15, 0.2) is 30.6 Å². The minimum Gasteiger partial charge on any atom is -0.481 e. The summed E-state index contributed by atoms with van der Waals surface area (Å²) in [6.07, 6.45) is 1.32. The van der Waals surface area contributed by atoms with Crippen molar-refractivity contribution in [1.82, 2.24) is 9.97 Å². The van der Waals surface area contributed by atoms with Crippen LogP contribution in [0.3, 0.4) is 0 Å². The van der Waals surface area contributed by atoms with Gasteiger partial charge in [-0.3, -0.25) is 0 Å². The number of methoxy groups -OCH3 is 1. The summed E-state index contributed by atoms with van der Waals surface area (Å²) < 4.78 is 31.2. The van der Waals surface area contributed by atoms with Gasteiger partial charge in [-0.2, -0.15) is 0 Å². The van der Waals surface area contributed by atoms with Crippen molar-refractivity contribution in [1.29, 1.82) is 0 Å². The number of benzene rings is 1. The number of ether oxygens (including phenoxy) is 1. The third kappa shape index (κ3) is 2.91. The summed E-state index contributed by atoms with van der Waals surface area (Å²) in [7, 11) is 1.48. The molecule has 1 heterocycles. The lowest BCUT2D eigenvalue weighted by Crippen LogP contribution is -2.04. The molecule has 6 heteroatoms. The van der Waals surface area contributed by atoms with Gasteiger partial charge in [0.1, 0.15) is 23.8 Å². The van der Waals surface area contributed by atoms with Gasteiger partial charge in [0.05, 0.1) is 7.11 Å². The zero-order chi connectivity index (χ0) is 13.0. The molecule has 0 atom stereocenters. The topological polar surface area (TPSA) is 47.0 Å². The van der Waals surface area contributed by atoms with E-state index in [1.165, 1.54) is 13.4 Å². The summed E-state index contributed by atoms with van der Waals surface area (Å²) in [6.45, 7) is 0.129. The summed E-state index contributed by atoms with van der Waals surface area (Å²) in [5.41, 5.74) is 0.229. The van der Waals surface area contributed by atoms with Crippen LogP contribution < -0.4 is 10.1 Å². The molecule has 0 aliphatic rings. The van der Waals surface area contributed by atoms with Crippen molar-refractivity contribution >= 4 is 5.82 Å². The van der Waals surface area contributed by atoms with Gasteiger partial charge in [0.2, 0.25) is 5.88 Å². The zero-order valence-electron chi connectivity index (χ0n) is 9.65. The highest BCUT2D eigenvalue weighted by Gasteiger charge is 2.04. The molecule has 1 aromatic carbocycles. The summed E-state index contributed by atoms with van der Waals surface area (Å²) in [4.78, 5) is 7.77. The number of hydrogen-bond acceptors (Lipinski definition) is 4. The van der Waals surface area contributed by atoms with Gasteiger partial charge in [0.15, 0.2) is 0 Å². The lowest BCUT2D eigenvalue weighted by atomic mass is 10.2. The number of rotatable bonds is 4. The minimum absolute atomic E-state index is 0.129. The number of aromatic nitrogens is 2. The van der Waals surface area contributed by atoms with Gasteiger partial charge in [0, 0.05) is 18.2 Å². The molecule has 1 N–H and O–H groups in total. The Labute approximate surface area is 103 Å². The number of nitrogens with one attached hydrogen (secondary N) is 1. The Balaban J connectivity index is 2.08. The molecule has 0 unspecified atom stereocenters. The molecule has 0 spiro atoms. The fourth-order valence-corrected chi connectivity index (χ4v) is 1.41. The molecule has 0 fully saturated rings. The maximum absolute atomic E-state index is 13.4. The quantitative estimate of drug-likeness (QED) is 0.906. The van der Waals surface area contributed by atoms with Crippen LogP contribution in [0.5, 0.6) is 5.88 Å². The average molecular weight is 251 g/mol. The smallest absolute Gasteiger partial charge is 0.218 e. The molecule has 1 aromatic heterocycles. The van der Waals surface area contributed by atoms with Gasteiger partial charge in [-0.05, 0) is 18.2 Å². The molecule has 0 saturated carbocycles. The van der Waals surface area contributed by atoms with E-state index >= 15 is 0 Å². The predicted molar refractivity (Wildman–Crippen MR) is 62.3 cm³/mol. The van der Waals surface area contributed by atoms with E-state index in [1.807, 2.05) is 0 Å². The van der Waals surface area contributed by atoms with E-state index in [9.17, 15) is 8.78 Å². The molecule has 0 aliphatic carbocycles. The van der Waals surface area contributed by atoms with Crippen LogP contribution in [0.1, 0.15) is 5.56 Å². The minimum atomic E-state index is -0.478. The third-order valence-electron chi connectivity index (χ3n) is 2.32. The Bertz CT molecular complexity index is 549. The second-order valence-corrected chi connectivity index (χ2v) is 3.53. The van der Waals surface area contributed by atoms with Gasteiger partial charge in [-0.15, -0.1) is 0 Å². The second-order valence-electron chi connectivity index (χ2n) is 3.53. The zero-order valence-corrected chi connectivity index (χ0v) is 9.65. The van der Waals surface area contributed by atoms with Crippen LogP contribution in [0.25, 0.3) is 0 Å². The Morgan fingerprint density at radius 1 is 1.22 bits per heavy atom. The Morgan fingerprint density at radius 3 is 2.83 bits per heavy atom. The monoisotopic (exact) mass is 251 g/mol. The van der Waals surface area contributed by atoms with Crippen molar-refractivity contribution in [2.45, 2.75) is 6.54 Å². The molecule has 4 nitrogen and oxygen atoms in total. The first-order valence-corrected chi connectivity index (χ1v) is 5.23. The van der Waals surface area contributed by atoms with Gasteiger partial charge < -0.3 is 10.1 Å². The van der Waals surface area contributed by atoms with E-state index in [4.69, 9.17) is 4.74 Å². The number of hydrogen-bond donors (Lipinski definition) is 1. The maximum Gasteiger partial charge on any atom is 0.218 e. The highest BCUT2D eigenvalue weighted by Crippen LogP contribution is 2.14. The molecule has 0 amide bonds. The molecule has 2 rings (SSSR count). The predicted octanol–water partition coefficient (Wildman–Crippen LogP) is 2.38. The summed E-state index contributed by atoms with van der Waals surface area (Å²) >= 11 is 0. The van der Waals surface area contributed by atoms with Crippen molar-refractivity contribution in [2.24, 2.45) is 0 Å². The summed E-state index contributed by atoms with van der Waals surface area (Å²) in [5.74, 6) is -0.0730. The van der Waals surface area contributed by atoms with Crippen molar-refractivity contribution in [3.63, 3.8) is 0 Å². The van der Waals surface area contributed by atoms with Crippen LogP contribution in [-0.4, -0.2) is 17.1 Å². The fraction of sp³-hybridized carbons (Fsp3) is 0.167. The molecule has 0 bridgehead atoms. The highest BCUT2D eigenvalue weighted by molar-refractivity contribution is 5.38. The van der Waals surface area contributed by atoms with Gasteiger partial charge >= 0.3 is 0 Å². The van der Waals surface area contributed by atoms with Crippen LogP contribution in [0, 0.1) is 11.6 Å². The maximum atomic E-state index is 13.4. The van der Waals surface area contributed by atoms with E-state index in [1.54, 1.807) is 6.07 Å². The van der Waals surface area contributed by atoms with Crippen LogP contribution in [0.2, 0.25) is 0 Å². The lowest BCUT2D eigenvalue weighted by Gasteiger charge is -2.07. The Hall–Kier alpha value is -2.24. The molecular formula is C12H11F2N3O. The highest BCUT2D eigenvalue weighted by atomic mass is 19.1. The number of halogens is 2. The number of anilines is 1. The molecule has 0 radical (unpaired) electrons. The molecule has 0 saturated heterocycles. The fourth-order valence-electron chi connectivity index (χ4n) is 1.41. The molecule has 0 aliphatic heterocycles. The second kappa shape index (κ2) is 5.39. The Morgan fingerprint density at radius 2 is 2.06 bits per heavy atom.